The van der Waals surface area contributed by atoms with Gasteiger partial charge in [-0.1, -0.05) is 29.3 Å². The van der Waals surface area contributed by atoms with Gasteiger partial charge in [0.1, 0.15) is 17.1 Å². The molecule has 4 rings (SSSR count). The fraction of sp³-hybridized carbons (Fsp3) is 0.391. The molecule has 29 heavy (non-hydrogen) atoms. The molecule has 152 valence electrons. The molecule has 0 unspecified atom stereocenters. The van der Waals surface area contributed by atoms with E-state index in [1.54, 1.807) is 18.2 Å². The van der Waals surface area contributed by atoms with Gasteiger partial charge in [0.2, 0.25) is 5.91 Å². The van der Waals surface area contributed by atoms with E-state index in [0.29, 0.717) is 61.7 Å². The summed E-state index contributed by atoms with van der Waals surface area (Å²) < 4.78 is 11.9. The van der Waals surface area contributed by atoms with E-state index in [1.807, 2.05) is 36.1 Å². The van der Waals surface area contributed by atoms with Crippen LogP contribution in [0.1, 0.15) is 41.6 Å². The maximum absolute atomic E-state index is 12.6. The highest BCUT2D eigenvalue weighted by molar-refractivity contribution is 6.31. The monoisotopic (exact) mass is 413 g/mol. The van der Waals surface area contributed by atoms with Crippen LogP contribution in [0.15, 0.2) is 42.5 Å². The molecule has 2 aromatic carbocycles. The van der Waals surface area contributed by atoms with Gasteiger partial charge in [0.15, 0.2) is 5.78 Å². The minimum atomic E-state index is -0.521. The van der Waals surface area contributed by atoms with Gasteiger partial charge in [-0.3, -0.25) is 9.59 Å². The Labute approximate surface area is 175 Å². The Morgan fingerprint density at radius 3 is 2.62 bits per heavy atom. The van der Waals surface area contributed by atoms with Gasteiger partial charge in [-0.15, -0.1) is 0 Å². The Kier molecular flexibility index (Phi) is 5.50. The molecule has 1 saturated heterocycles. The second-order valence-electron chi connectivity index (χ2n) is 7.82. The molecule has 0 radical (unpaired) electrons. The number of amides is 1. The number of halogens is 1. The molecule has 0 N–H and O–H groups in total. The molecule has 0 aliphatic carbocycles. The van der Waals surface area contributed by atoms with E-state index in [4.69, 9.17) is 21.1 Å². The lowest BCUT2D eigenvalue weighted by atomic mass is 9.82. The largest absolute Gasteiger partial charge is 0.493 e. The first-order valence-electron chi connectivity index (χ1n) is 9.93. The van der Waals surface area contributed by atoms with Crippen molar-refractivity contribution < 1.29 is 19.1 Å². The molecule has 2 aliphatic rings. The van der Waals surface area contributed by atoms with Crippen molar-refractivity contribution in [1.82, 2.24) is 4.90 Å². The van der Waals surface area contributed by atoms with Crippen LogP contribution < -0.4 is 9.47 Å². The van der Waals surface area contributed by atoms with E-state index in [-0.39, 0.29) is 11.7 Å². The molecular weight excluding hydrogens is 390 g/mol. The summed E-state index contributed by atoms with van der Waals surface area (Å²) in [5, 5.41) is 0.532. The minimum Gasteiger partial charge on any atom is -0.493 e. The second kappa shape index (κ2) is 8.07. The first kappa shape index (κ1) is 19.8. The van der Waals surface area contributed by atoms with Crippen LogP contribution in [0.2, 0.25) is 5.02 Å². The average molecular weight is 414 g/mol. The lowest BCUT2D eigenvalue weighted by Crippen LogP contribution is -2.52. The average Bonchev–Trinajstić information content (AvgIpc) is 2.71. The first-order chi connectivity index (χ1) is 13.9. The van der Waals surface area contributed by atoms with Crippen LogP contribution in [0.25, 0.3) is 0 Å². The van der Waals surface area contributed by atoms with E-state index >= 15 is 0 Å². The number of carbonyl (C=O) groups excluding carboxylic acids is 2. The van der Waals surface area contributed by atoms with Gasteiger partial charge in [-0.2, -0.15) is 0 Å². The zero-order valence-corrected chi connectivity index (χ0v) is 17.2. The molecular formula is C23H24ClNO4. The number of hydrogen-bond acceptors (Lipinski definition) is 4. The third-order valence-corrected chi connectivity index (χ3v) is 5.92. The number of carbonyl (C=O) groups is 2. The number of fused-ring (bicyclic) bond motifs is 1. The predicted octanol–water partition coefficient (Wildman–Crippen LogP) is 4.44. The summed E-state index contributed by atoms with van der Waals surface area (Å²) >= 11 is 6.00. The Balaban J connectivity index is 1.30. The molecule has 5 nitrogen and oxygen atoms in total. The normalized spacial score (nSPS) is 17.6. The van der Waals surface area contributed by atoms with Crippen molar-refractivity contribution in [2.24, 2.45) is 0 Å². The zero-order valence-electron chi connectivity index (χ0n) is 16.4. The number of nitrogens with zero attached hydrogens (tertiary/aromatic N) is 1. The van der Waals surface area contributed by atoms with Crippen LogP contribution in [0.5, 0.6) is 11.5 Å². The first-order valence-corrected chi connectivity index (χ1v) is 10.3. The number of aryl methyl sites for hydroxylation is 1. The zero-order chi connectivity index (χ0) is 20.4. The standard InChI is InChI=1S/C23H24ClNO4/c1-16-2-5-18(6-3-16)28-13-8-22(27)25-11-9-23(10-12-25)15-20(26)19-14-17(24)4-7-21(19)29-23/h2-7,14H,8-13,15H2,1H3. The summed E-state index contributed by atoms with van der Waals surface area (Å²) in [7, 11) is 0. The summed E-state index contributed by atoms with van der Waals surface area (Å²) in [6.45, 7) is 3.54. The number of piperidine rings is 1. The highest BCUT2D eigenvalue weighted by Gasteiger charge is 2.43. The number of ether oxygens (including phenoxy) is 2. The van der Waals surface area contributed by atoms with Crippen LogP contribution in [0.4, 0.5) is 0 Å². The molecule has 0 bridgehead atoms. The van der Waals surface area contributed by atoms with Crippen molar-refractivity contribution in [3.8, 4) is 11.5 Å². The highest BCUT2D eigenvalue weighted by Crippen LogP contribution is 2.40. The Morgan fingerprint density at radius 2 is 1.90 bits per heavy atom. The molecule has 2 heterocycles. The summed E-state index contributed by atoms with van der Waals surface area (Å²) in [4.78, 5) is 27.0. The molecule has 1 amide bonds. The number of hydrogen-bond donors (Lipinski definition) is 0. The summed E-state index contributed by atoms with van der Waals surface area (Å²) in [5.41, 5.74) is 1.20. The summed E-state index contributed by atoms with van der Waals surface area (Å²) in [6, 6.07) is 13.0. The lowest BCUT2D eigenvalue weighted by molar-refractivity contribution is -0.135. The quantitative estimate of drug-likeness (QED) is 0.743. The van der Waals surface area contributed by atoms with E-state index in [0.717, 1.165) is 5.75 Å². The number of ketones is 1. The van der Waals surface area contributed by atoms with Gasteiger partial charge in [0, 0.05) is 31.0 Å². The molecule has 0 aromatic heterocycles. The Hall–Kier alpha value is -2.53. The second-order valence-corrected chi connectivity index (χ2v) is 8.25. The highest BCUT2D eigenvalue weighted by atomic mass is 35.5. The molecule has 1 fully saturated rings. The van der Waals surface area contributed by atoms with Gasteiger partial charge in [-0.05, 0) is 37.3 Å². The van der Waals surface area contributed by atoms with E-state index in [1.165, 1.54) is 5.56 Å². The summed E-state index contributed by atoms with van der Waals surface area (Å²) in [6.07, 6.45) is 1.96. The van der Waals surface area contributed by atoms with Gasteiger partial charge in [0.25, 0.3) is 0 Å². The lowest BCUT2D eigenvalue weighted by Gasteiger charge is -2.44. The van der Waals surface area contributed by atoms with Gasteiger partial charge in [0.05, 0.1) is 25.0 Å². The third-order valence-electron chi connectivity index (χ3n) is 5.68. The van der Waals surface area contributed by atoms with Gasteiger partial charge >= 0.3 is 0 Å². The van der Waals surface area contributed by atoms with Crippen molar-refractivity contribution in [1.29, 1.82) is 0 Å². The van der Waals surface area contributed by atoms with Crippen molar-refractivity contribution in [2.75, 3.05) is 19.7 Å². The van der Waals surface area contributed by atoms with E-state index in [2.05, 4.69) is 0 Å². The minimum absolute atomic E-state index is 0.0556. The molecule has 1 spiro atoms. The van der Waals surface area contributed by atoms with Crippen LogP contribution in [0, 0.1) is 6.92 Å². The maximum Gasteiger partial charge on any atom is 0.226 e. The third kappa shape index (κ3) is 4.40. The number of Topliss-reactive ketones (excluding diaryl/α,β-unsaturated/α-hetero) is 1. The number of rotatable bonds is 4. The Bertz CT molecular complexity index is 917. The molecule has 0 atom stereocenters. The fourth-order valence-electron chi connectivity index (χ4n) is 3.96. The molecule has 6 heteroatoms. The Morgan fingerprint density at radius 1 is 1.17 bits per heavy atom. The van der Waals surface area contributed by atoms with Crippen molar-refractivity contribution >= 4 is 23.3 Å². The van der Waals surface area contributed by atoms with Crippen LogP contribution >= 0.6 is 11.6 Å². The van der Waals surface area contributed by atoms with Crippen LogP contribution in [-0.4, -0.2) is 41.9 Å². The predicted molar refractivity (Wildman–Crippen MR) is 111 cm³/mol. The number of likely N-dealkylation sites (tertiary alicyclic amines) is 1. The molecule has 2 aromatic rings. The fourth-order valence-corrected chi connectivity index (χ4v) is 4.13. The maximum atomic E-state index is 12.6. The SMILES string of the molecule is Cc1ccc(OCCC(=O)N2CCC3(CC2)CC(=O)c2cc(Cl)ccc2O3)cc1. The van der Waals surface area contributed by atoms with Crippen LogP contribution in [-0.2, 0) is 4.79 Å². The van der Waals surface area contributed by atoms with Gasteiger partial charge in [-0.25, -0.2) is 0 Å². The summed E-state index contributed by atoms with van der Waals surface area (Å²) in [5.74, 6) is 1.49. The number of benzene rings is 2. The van der Waals surface area contributed by atoms with Gasteiger partial charge < -0.3 is 14.4 Å². The van der Waals surface area contributed by atoms with Crippen molar-refractivity contribution in [3.63, 3.8) is 0 Å². The van der Waals surface area contributed by atoms with Crippen molar-refractivity contribution in [2.45, 2.75) is 38.2 Å². The van der Waals surface area contributed by atoms with Crippen molar-refractivity contribution in [3.05, 3.63) is 58.6 Å². The smallest absolute Gasteiger partial charge is 0.226 e. The molecule has 0 saturated carbocycles. The van der Waals surface area contributed by atoms with E-state index < -0.39 is 5.60 Å². The molecule has 2 aliphatic heterocycles. The van der Waals surface area contributed by atoms with E-state index in [9.17, 15) is 9.59 Å². The topological polar surface area (TPSA) is 55.8 Å². The van der Waals surface area contributed by atoms with Crippen LogP contribution in [0.3, 0.4) is 0 Å².